The number of amides is 2. The summed E-state index contributed by atoms with van der Waals surface area (Å²) in [4.78, 5) is 29.0. The van der Waals surface area contributed by atoms with Crippen molar-refractivity contribution < 1.29 is 41.4 Å². The van der Waals surface area contributed by atoms with Crippen molar-refractivity contribution >= 4 is 52.0 Å². The molecule has 2 aliphatic rings. The van der Waals surface area contributed by atoms with Gasteiger partial charge >= 0.3 is 6.18 Å². The minimum atomic E-state index is -4.69. The standard InChI is InChI=1S/C24H24Cl2F5N5O4/c1-36-15-7-16(40-9-17(27)28)12(20(37)33-10-24(29,30)31)6-14(15)34-22(36)35-19-13(25)3-2-11(18(19)26)8-32-21(38)23(39)4-5-23/h2-3,6-7,17-19,39H,4-5,8-10H2,1H3,(H,32,38)(H,33,37)(H,34,35). The number of nitrogens with one attached hydrogen (secondary N) is 3. The van der Waals surface area contributed by atoms with Crippen LogP contribution in [-0.4, -0.2) is 75.8 Å². The SMILES string of the molecule is Cn1c(NC2C(Cl)=CC=C(CNC(=O)C3(O)CC3)C2Cl)nc2cc(C(=O)NCC(F)(F)F)c(OCC(F)F)cc21. The van der Waals surface area contributed by atoms with Crippen LogP contribution in [0.4, 0.5) is 27.9 Å². The third kappa shape index (κ3) is 6.78. The Morgan fingerprint density at radius 1 is 1.25 bits per heavy atom. The molecular formula is C24H24Cl2F5N5O4. The Bertz CT molecular complexity index is 1370. The van der Waals surface area contributed by atoms with Crippen molar-refractivity contribution in [3.05, 3.63) is 40.5 Å². The summed E-state index contributed by atoms with van der Waals surface area (Å²) in [6.45, 7) is -2.67. The van der Waals surface area contributed by atoms with Crippen molar-refractivity contribution in [3.63, 3.8) is 0 Å². The number of ether oxygens (including phenoxy) is 1. The van der Waals surface area contributed by atoms with Gasteiger partial charge in [-0.05, 0) is 30.6 Å². The van der Waals surface area contributed by atoms with Crippen molar-refractivity contribution in [1.82, 2.24) is 20.2 Å². The van der Waals surface area contributed by atoms with Gasteiger partial charge in [-0.2, -0.15) is 13.2 Å². The first-order valence-corrected chi connectivity index (χ1v) is 12.7. The molecule has 1 aromatic carbocycles. The second kappa shape index (κ2) is 11.4. The number of hydrogen-bond acceptors (Lipinski definition) is 6. The number of imidazole rings is 1. The van der Waals surface area contributed by atoms with Crippen LogP contribution in [0, 0.1) is 0 Å². The van der Waals surface area contributed by atoms with Crippen molar-refractivity contribution in [2.24, 2.45) is 7.05 Å². The lowest BCUT2D eigenvalue weighted by Gasteiger charge is -2.28. The first-order chi connectivity index (χ1) is 18.7. The van der Waals surface area contributed by atoms with E-state index in [1.165, 1.54) is 10.6 Å². The number of fused-ring (bicyclic) bond motifs is 1. The Balaban J connectivity index is 1.57. The summed E-state index contributed by atoms with van der Waals surface area (Å²) in [5, 5.41) is 16.9. The minimum absolute atomic E-state index is 0.0535. The largest absolute Gasteiger partial charge is 0.487 e. The summed E-state index contributed by atoms with van der Waals surface area (Å²) >= 11 is 13.0. The van der Waals surface area contributed by atoms with E-state index in [2.05, 4.69) is 15.6 Å². The van der Waals surface area contributed by atoms with Gasteiger partial charge in [0.2, 0.25) is 5.95 Å². The molecule has 40 heavy (non-hydrogen) atoms. The van der Waals surface area contributed by atoms with Crippen molar-refractivity contribution in [3.8, 4) is 5.75 Å². The number of aryl methyl sites for hydroxylation is 1. The van der Waals surface area contributed by atoms with Gasteiger partial charge < -0.3 is 30.4 Å². The molecule has 218 valence electrons. The molecule has 16 heteroatoms. The zero-order chi connectivity index (χ0) is 29.4. The van der Waals surface area contributed by atoms with E-state index in [4.69, 9.17) is 27.9 Å². The van der Waals surface area contributed by atoms with Crippen LogP contribution in [0.1, 0.15) is 23.2 Å². The topological polar surface area (TPSA) is 118 Å². The fraction of sp³-hybridized carbons (Fsp3) is 0.458. The van der Waals surface area contributed by atoms with E-state index < -0.39 is 60.2 Å². The van der Waals surface area contributed by atoms with E-state index in [0.29, 0.717) is 29.0 Å². The number of allylic oxidation sites excluding steroid dienone is 2. The molecule has 2 atom stereocenters. The van der Waals surface area contributed by atoms with Crippen LogP contribution in [0.3, 0.4) is 0 Å². The van der Waals surface area contributed by atoms with E-state index in [1.807, 2.05) is 0 Å². The van der Waals surface area contributed by atoms with Crippen LogP contribution in [-0.2, 0) is 11.8 Å². The number of anilines is 1. The van der Waals surface area contributed by atoms with Gasteiger partial charge in [-0.15, -0.1) is 11.6 Å². The zero-order valence-corrected chi connectivity index (χ0v) is 22.3. The lowest BCUT2D eigenvalue weighted by Crippen LogP contribution is -2.41. The van der Waals surface area contributed by atoms with E-state index in [9.17, 15) is 36.6 Å². The normalized spacial score (nSPS) is 20.1. The van der Waals surface area contributed by atoms with Crippen molar-refractivity contribution in [2.45, 2.75) is 42.5 Å². The second-order valence-corrected chi connectivity index (χ2v) is 10.3. The van der Waals surface area contributed by atoms with E-state index in [-0.39, 0.29) is 23.8 Å². The number of benzene rings is 1. The number of alkyl halides is 6. The third-order valence-electron chi connectivity index (χ3n) is 6.33. The van der Waals surface area contributed by atoms with Crippen molar-refractivity contribution in [2.75, 3.05) is 25.0 Å². The molecule has 1 saturated carbocycles. The predicted molar refractivity (Wildman–Crippen MR) is 137 cm³/mol. The van der Waals surface area contributed by atoms with Gasteiger partial charge in [-0.1, -0.05) is 17.7 Å². The fourth-order valence-electron chi connectivity index (χ4n) is 3.94. The molecule has 0 spiro atoms. The first-order valence-electron chi connectivity index (χ1n) is 11.9. The van der Waals surface area contributed by atoms with Crippen LogP contribution in [0.2, 0.25) is 0 Å². The van der Waals surface area contributed by atoms with Crippen LogP contribution in [0.5, 0.6) is 5.75 Å². The molecule has 4 rings (SSSR count). The predicted octanol–water partition coefficient (Wildman–Crippen LogP) is 3.60. The highest BCUT2D eigenvalue weighted by Crippen LogP contribution is 2.36. The highest BCUT2D eigenvalue weighted by atomic mass is 35.5. The van der Waals surface area contributed by atoms with Gasteiger partial charge in [0.15, 0.2) is 0 Å². The van der Waals surface area contributed by atoms with Crippen LogP contribution in [0.25, 0.3) is 11.0 Å². The summed E-state index contributed by atoms with van der Waals surface area (Å²) in [5.74, 6) is -1.86. The Hall–Kier alpha value is -3.10. The Morgan fingerprint density at radius 2 is 1.95 bits per heavy atom. The van der Waals surface area contributed by atoms with Gasteiger partial charge in [0.05, 0.1) is 28.0 Å². The third-order valence-corrected chi connectivity index (χ3v) is 7.22. The summed E-state index contributed by atoms with van der Waals surface area (Å²) < 4.78 is 70.0. The van der Waals surface area contributed by atoms with E-state index in [1.54, 1.807) is 24.5 Å². The number of aliphatic hydroxyl groups is 1. The number of nitrogens with zero attached hydrogens (tertiary/aromatic N) is 2. The van der Waals surface area contributed by atoms with Gasteiger partial charge in [0.1, 0.15) is 24.5 Å². The molecule has 2 aromatic rings. The minimum Gasteiger partial charge on any atom is -0.487 e. The summed E-state index contributed by atoms with van der Waals surface area (Å²) in [7, 11) is 1.56. The summed E-state index contributed by atoms with van der Waals surface area (Å²) in [5.41, 5.74) is -0.719. The van der Waals surface area contributed by atoms with Crippen molar-refractivity contribution in [1.29, 1.82) is 0 Å². The van der Waals surface area contributed by atoms with Gasteiger partial charge in [-0.3, -0.25) is 9.59 Å². The molecule has 1 fully saturated rings. The molecule has 2 aliphatic carbocycles. The highest BCUT2D eigenvalue weighted by molar-refractivity contribution is 6.33. The number of carbonyl (C=O) groups excluding carboxylic acids is 2. The zero-order valence-electron chi connectivity index (χ0n) is 20.8. The lowest BCUT2D eigenvalue weighted by molar-refractivity contribution is -0.131. The molecule has 1 aromatic heterocycles. The maximum atomic E-state index is 12.8. The molecule has 2 unspecified atom stereocenters. The summed E-state index contributed by atoms with van der Waals surface area (Å²) in [6.07, 6.45) is -3.61. The maximum Gasteiger partial charge on any atom is 0.405 e. The Morgan fingerprint density at radius 3 is 2.58 bits per heavy atom. The molecular weight excluding hydrogens is 588 g/mol. The van der Waals surface area contributed by atoms with Crippen LogP contribution < -0.4 is 20.7 Å². The number of aromatic nitrogens is 2. The van der Waals surface area contributed by atoms with Gasteiger partial charge in [0.25, 0.3) is 18.2 Å². The Kier molecular flexibility index (Phi) is 8.52. The molecule has 1 heterocycles. The lowest BCUT2D eigenvalue weighted by atomic mass is 9.99. The van der Waals surface area contributed by atoms with Gasteiger partial charge in [0, 0.05) is 24.7 Å². The Labute approximate surface area is 234 Å². The molecule has 0 saturated heterocycles. The van der Waals surface area contributed by atoms with Crippen LogP contribution >= 0.6 is 23.2 Å². The van der Waals surface area contributed by atoms with Crippen LogP contribution in [0.15, 0.2) is 34.9 Å². The first kappa shape index (κ1) is 29.9. The number of halogens is 7. The number of rotatable bonds is 10. The quantitative estimate of drug-likeness (QED) is 0.241. The average molecular weight is 612 g/mol. The monoisotopic (exact) mass is 611 g/mol. The molecule has 0 aliphatic heterocycles. The molecule has 0 radical (unpaired) electrons. The number of hydrogen-bond donors (Lipinski definition) is 4. The smallest absolute Gasteiger partial charge is 0.405 e. The average Bonchev–Trinajstić information content (AvgIpc) is 3.57. The highest BCUT2D eigenvalue weighted by Gasteiger charge is 2.48. The maximum absolute atomic E-state index is 12.8. The molecule has 9 nitrogen and oxygen atoms in total. The molecule has 2 amide bonds. The summed E-state index contributed by atoms with van der Waals surface area (Å²) in [6, 6.07) is 1.62. The second-order valence-electron chi connectivity index (χ2n) is 9.36. The van der Waals surface area contributed by atoms with E-state index in [0.717, 1.165) is 6.07 Å². The fourth-order valence-corrected chi connectivity index (χ4v) is 4.60. The molecule has 4 N–H and O–H groups in total. The van der Waals surface area contributed by atoms with Gasteiger partial charge in [-0.25, -0.2) is 13.8 Å². The van der Waals surface area contributed by atoms with E-state index >= 15 is 0 Å². The number of carbonyl (C=O) groups is 2. The molecule has 0 bridgehead atoms.